The van der Waals surface area contributed by atoms with Crippen LogP contribution in [0.15, 0.2) is 24.3 Å². The largest absolute Gasteiger partial charge is 0.340 e. The molecule has 2 unspecified atom stereocenters. The van der Waals surface area contributed by atoms with Gasteiger partial charge in [-0.25, -0.2) is 13.2 Å². The number of hydrogen-bond donors (Lipinski definition) is 0. The van der Waals surface area contributed by atoms with Gasteiger partial charge in [0.15, 0.2) is 9.84 Å². The van der Waals surface area contributed by atoms with Crippen molar-refractivity contribution in [3.05, 3.63) is 29.8 Å². The zero-order chi connectivity index (χ0) is 19.9. The van der Waals surface area contributed by atoms with E-state index in [9.17, 15) is 22.8 Å². The molecule has 2 fully saturated rings. The minimum absolute atomic E-state index is 0.0507. The maximum Gasteiger partial charge on any atom is 0.332 e. The zero-order valence-electron chi connectivity index (χ0n) is 15.6. The van der Waals surface area contributed by atoms with Crippen LogP contribution in [0.4, 0.5) is 10.5 Å². The van der Waals surface area contributed by atoms with Crippen LogP contribution in [0.3, 0.4) is 0 Å². The summed E-state index contributed by atoms with van der Waals surface area (Å²) in [6, 6.07) is 5.56. The van der Waals surface area contributed by atoms with Crippen molar-refractivity contribution < 1.29 is 22.8 Å². The number of imide groups is 1. The van der Waals surface area contributed by atoms with Crippen molar-refractivity contribution in [3.8, 4) is 0 Å². The number of nitrogens with zero attached hydrogens (tertiary/aromatic N) is 3. The number of benzene rings is 1. The number of amides is 4. The van der Waals surface area contributed by atoms with E-state index in [2.05, 4.69) is 0 Å². The van der Waals surface area contributed by atoms with Gasteiger partial charge >= 0.3 is 6.03 Å². The molecular weight excluding hydrogens is 370 g/mol. The molecule has 0 aromatic heterocycles. The Bertz CT molecular complexity index is 881. The van der Waals surface area contributed by atoms with Crippen LogP contribution >= 0.6 is 0 Å². The number of anilines is 1. The number of rotatable bonds is 4. The van der Waals surface area contributed by atoms with Crippen molar-refractivity contribution in [3.63, 3.8) is 0 Å². The third-order valence-corrected chi connectivity index (χ3v) is 6.95. The second kappa shape index (κ2) is 6.95. The molecule has 1 aromatic rings. The van der Waals surface area contributed by atoms with E-state index in [0.29, 0.717) is 12.1 Å². The average molecular weight is 393 g/mol. The first kappa shape index (κ1) is 19.3. The minimum Gasteiger partial charge on any atom is -0.340 e. The van der Waals surface area contributed by atoms with Gasteiger partial charge in [0.05, 0.1) is 11.5 Å². The molecule has 3 rings (SSSR count). The molecule has 146 valence electrons. The maximum absolute atomic E-state index is 12.8. The Morgan fingerprint density at radius 3 is 2.41 bits per heavy atom. The van der Waals surface area contributed by atoms with E-state index in [1.807, 2.05) is 19.1 Å². The van der Waals surface area contributed by atoms with Crippen LogP contribution in [0.1, 0.15) is 18.9 Å². The average Bonchev–Trinajstić information content (AvgIpc) is 3.08. The van der Waals surface area contributed by atoms with Crippen molar-refractivity contribution in [2.24, 2.45) is 0 Å². The lowest BCUT2D eigenvalue weighted by molar-refractivity contribution is -0.137. The van der Waals surface area contributed by atoms with Gasteiger partial charge in [-0.1, -0.05) is 17.7 Å². The molecule has 0 spiro atoms. The maximum atomic E-state index is 12.8. The van der Waals surface area contributed by atoms with Crippen molar-refractivity contribution >= 4 is 33.4 Å². The lowest BCUT2D eigenvalue weighted by atomic mass is 10.2. The molecule has 9 heteroatoms. The predicted molar refractivity (Wildman–Crippen MR) is 100 cm³/mol. The molecule has 1 aromatic carbocycles. The number of carbonyl (C=O) groups is 3. The lowest BCUT2D eigenvalue weighted by Gasteiger charge is -2.25. The van der Waals surface area contributed by atoms with Gasteiger partial charge in [0.1, 0.15) is 12.6 Å². The van der Waals surface area contributed by atoms with Crippen LogP contribution in [-0.4, -0.2) is 73.2 Å². The molecule has 2 heterocycles. The van der Waals surface area contributed by atoms with Crippen LogP contribution in [-0.2, 0) is 19.4 Å². The fraction of sp³-hybridized carbons (Fsp3) is 0.500. The Morgan fingerprint density at radius 1 is 1.22 bits per heavy atom. The smallest absolute Gasteiger partial charge is 0.332 e. The Hall–Kier alpha value is -2.42. The first-order valence-corrected chi connectivity index (χ1v) is 10.6. The summed E-state index contributed by atoms with van der Waals surface area (Å²) in [4.78, 5) is 41.5. The number of carbonyl (C=O) groups excluding carboxylic acids is 3. The molecule has 2 aliphatic rings. The van der Waals surface area contributed by atoms with Crippen molar-refractivity contribution in [1.82, 2.24) is 9.80 Å². The second-order valence-electron chi connectivity index (χ2n) is 7.15. The number of likely N-dealkylation sites (N-methyl/N-ethyl adjacent to an activating group) is 1. The standard InChI is InChI=1S/C18H23N3O5S/c1-12-4-6-14(7-5-12)21-13(2)17(23)20(18(21)24)10-16(22)19(3)15-8-9-27(25,26)11-15/h4-7,13,15H,8-11H2,1-3H3. The Labute approximate surface area is 158 Å². The normalized spacial score (nSPS) is 24.6. The van der Waals surface area contributed by atoms with E-state index >= 15 is 0 Å². The monoisotopic (exact) mass is 393 g/mol. The second-order valence-corrected chi connectivity index (χ2v) is 9.38. The molecule has 4 amide bonds. The van der Waals surface area contributed by atoms with Crippen LogP contribution in [0.5, 0.6) is 0 Å². The summed E-state index contributed by atoms with van der Waals surface area (Å²) < 4.78 is 23.2. The number of urea groups is 1. The van der Waals surface area contributed by atoms with Gasteiger partial charge in [-0.2, -0.15) is 0 Å². The topological polar surface area (TPSA) is 95.1 Å². The summed E-state index contributed by atoms with van der Waals surface area (Å²) in [5.74, 6) is -0.920. The fourth-order valence-electron chi connectivity index (χ4n) is 3.44. The number of aryl methyl sites for hydroxylation is 1. The molecule has 2 aliphatic heterocycles. The minimum atomic E-state index is -3.13. The molecule has 2 saturated heterocycles. The molecule has 0 aliphatic carbocycles. The highest BCUT2D eigenvalue weighted by Crippen LogP contribution is 2.26. The van der Waals surface area contributed by atoms with Crippen LogP contribution < -0.4 is 4.90 Å². The van der Waals surface area contributed by atoms with E-state index in [4.69, 9.17) is 0 Å². The SMILES string of the molecule is Cc1ccc(N2C(=O)N(CC(=O)N(C)C3CCS(=O)(=O)C3)C(=O)C2C)cc1. The third kappa shape index (κ3) is 3.69. The van der Waals surface area contributed by atoms with E-state index < -0.39 is 46.3 Å². The van der Waals surface area contributed by atoms with Gasteiger partial charge in [-0.15, -0.1) is 0 Å². The molecule has 2 atom stereocenters. The van der Waals surface area contributed by atoms with Crippen LogP contribution in [0, 0.1) is 6.92 Å². The first-order chi connectivity index (χ1) is 12.6. The summed E-state index contributed by atoms with van der Waals surface area (Å²) in [5.41, 5.74) is 1.63. The van der Waals surface area contributed by atoms with Crippen LogP contribution in [0.2, 0.25) is 0 Å². The predicted octanol–water partition coefficient (Wildman–Crippen LogP) is 0.798. The summed E-state index contributed by atoms with van der Waals surface area (Å²) in [6.07, 6.45) is 0.373. The molecule has 0 radical (unpaired) electrons. The van der Waals surface area contributed by atoms with Gasteiger partial charge in [-0.05, 0) is 32.4 Å². The number of hydrogen-bond acceptors (Lipinski definition) is 5. The van der Waals surface area contributed by atoms with Gasteiger partial charge < -0.3 is 4.90 Å². The zero-order valence-corrected chi connectivity index (χ0v) is 16.4. The van der Waals surface area contributed by atoms with Crippen molar-refractivity contribution in [1.29, 1.82) is 0 Å². The quantitative estimate of drug-likeness (QED) is 0.705. The van der Waals surface area contributed by atoms with Crippen LogP contribution in [0.25, 0.3) is 0 Å². The highest BCUT2D eigenvalue weighted by molar-refractivity contribution is 7.91. The molecule has 0 bridgehead atoms. The first-order valence-electron chi connectivity index (χ1n) is 8.78. The van der Waals surface area contributed by atoms with Crippen molar-refractivity contribution in [2.75, 3.05) is 30.0 Å². The Kier molecular flexibility index (Phi) is 4.98. The van der Waals surface area contributed by atoms with E-state index in [0.717, 1.165) is 10.5 Å². The Morgan fingerprint density at radius 2 is 1.85 bits per heavy atom. The summed E-state index contributed by atoms with van der Waals surface area (Å²) in [7, 11) is -1.62. The third-order valence-electron chi connectivity index (χ3n) is 5.20. The van der Waals surface area contributed by atoms with Gasteiger partial charge in [0.25, 0.3) is 5.91 Å². The van der Waals surface area contributed by atoms with E-state index in [-0.39, 0.29) is 11.5 Å². The number of sulfone groups is 1. The molecule has 27 heavy (non-hydrogen) atoms. The van der Waals surface area contributed by atoms with Gasteiger partial charge in [0, 0.05) is 18.8 Å². The van der Waals surface area contributed by atoms with Crippen molar-refractivity contribution in [2.45, 2.75) is 32.4 Å². The van der Waals surface area contributed by atoms with Gasteiger partial charge in [0.2, 0.25) is 5.91 Å². The van der Waals surface area contributed by atoms with Gasteiger partial charge in [-0.3, -0.25) is 19.4 Å². The highest BCUT2D eigenvalue weighted by Gasteiger charge is 2.45. The van der Waals surface area contributed by atoms with E-state index in [1.54, 1.807) is 19.1 Å². The summed E-state index contributed by atoms with van der Waals surface area (Å²) in [5, 5.41) is 0. The molecular formula is C18H23N3O5S. The summed E-state index contributed by atoms with van der Waals surface area (Å²) in [6.45, 7) is 3.16. The molecule has 0 saturated carbocycles. The lowest BCUT2D eigenvalue weighted by Crippen LogP contribution is -2.46. The molecule has 0 N–H and O–H groups in total. The molecule has 8 nitrogen and oxygen atoms in total. The fourth-order valence-corrected chi connectivity index (χ4v) is 5.22. The van der Waals surface area contributed by atoms with E-state index in [1.165, 1.54) is 16.8 Å². The highest BCUT2D eigenvalue weighted by atomic mass is 32.2. The Balaban J connectivity index is 1.73. The summed E-state index contributed by atoms with van der Waals surface area (Å²) >= 11 is 0.